The van der Waals surface area contributed by atoms with Gasteiger partial charge in [-0.05, 0) is 6.08 Å². The standard InChI is InChI=1S/C5H3F3O6S/c6-5(7,8)15(12,13)14-4(11)2-1-3(9)10/h1-2H,(H,9,10)/p-1/b2-1-. The van der Waals surface area contributed by atoms with Crippen LogP contribution in [0, 0.1) is 0 Å². The number of carbonyl (C=O) groups is 2. The Bertz CT molecular complexity index is 391. The van der Waals surface area contributed by atoms with Gasteiger partial charge in [-0.15, -0.1) is 0 Å². The molecule has 0 aliphatic rings. The first-order valence-electron chi connectivity index (χ1n) is 3.00. The molecule has 0 radical (unpaired) electrons. The van der Waals surface area contributed by atoms with Gasteiger partial charge in [0, 0.05) is 6.08 Å². The third-order valence-electron chi connectivity index (χ3n) is 0.831. The van der Waals surface area contributed by atoms with Crippen molar-refractivity contribution in [2.24, 2.45) is 0 Å². The Labute approximate surface area is 81.1 Å². The van der Waals surface area contributed by atoms with Crippen molar-refractivity contribution < 1.29 is 40.5 Å². The fourth-order valence-electron chi connectivity index (χ4n) is 0.319. The molecule has 0 amide bonds. The summed E-state index contributed by atoms with van der Waals surface area (Å²) in [4.78, 5) is 20.0. The van der Waals surface area contributed by atoms with E-state index < -0.39 is 27.6 Å². The van der Waals surface area contributed by atoms with Crippen molar-refractivity contribution in [2.45, 2.75) is 5.51 Å². The van der Waals surface area contributed by atoms with E-state index in [4.69, 9.17) is 0 Å². The van der Waals surface area contributed by atoms with Gasteiger partial charge in [0.25, 0.3) is 0 Å². The van der Waals surface area contributed by atoms with E-state index in [9.17, 15) is 36.3 Å². The molecule has 0 bridgehead atoms. The van der Waals surface area contributed by atoms with Gasteiger partial charge < -0.3 is 14.1 Å². The first-order valence-corrected chi connectivity index (χ1v) is 4.41. The van der Waals surface area contributed by atoms with Crippen molar-refractivity contribution in [1.29, 1.82) is 0 Å². The molecule has 0 heterocycles. The van der Waals surface area contributed by atoms with Gasteiger partial charge in [-0.25, -0.2) is 4.79 Å². The van der Waals surface area contributed by atoms with Crippen molar-refractivity contribution in [3.8, 4) is 0 Å². The zero-order chi connectivity index (χ0) is 12.3. The normalized spacial score (nSPS) is 12.7. The largest absolute Gasteiger partial charge is 0.545 e. The first kappa shape index (κ1) is 13.4. The van der Waals surface area contributed by atoms with Gasteiger partial charge in [0.05, 0.1) is 5.97 Å². The molecule has 0 aromatic heterocycles. The van der Waals surface area contributed by atoms with Gasteiger partial charge in [-0.1, -0.05) is 0 Å². The molecule has 15 heavy (non-hydrogen) atoms. The molecule has 0 N–H and O–H groups in total. The minimum absolute atomic E-state index is 0.0221. The molecule has 10 heteroatoms. The number of carbonyl (C=O) groups excluding carboxylic acids is 2. The highest BCUT2D eigenvalue weighted by atomic mass is 32.2. The maximum absolute atomic E-state index is 11.6. The van der Waals surface area contributed by atoms with Crippen LogP contribution in [0.4, 0.5) is 13.2 Å². The fourth-order valence-corrected chi connectivity index (χ4v) is 0.686. The minimum atomic E-state index is -6.06. The van der Waals surface area contributed by atoms with E-state index in [1.165, 1.54) is 0 Å². The van der Waals surface area contributed by atoms with Crippen molar-refractivity contribution in [3.05, 3.63) is 12.2 Å². The molecule has 6 nitrogen and oxygen atoms in total. The Morgan fingerprint density at radius 3 is 2.00 bits per heavy atom. The van der Waals surface area contributed by atoms with Crippen molar-refractivity contribution in [2.75, 3.05) is 0 Å². The number of aliphatic carboxylic acids is 1. The number of hydrogen-bond acceptors (Lipinski definition) is 6. The molecule has 0 aliphatic carbocycles. The molecule has 0 aromatic carbocycles. The fraction of sp³-hybridized carbons (Fsp3) is 0.200. The number of rotatable bonds is 3. The van der Waals surface area contributed by atoms with E-state index in [0.29, 0.717) is 0 Å². The van der Waals surface area contributed by atoms with Gasteiger partial charge in [0.2, 0.25) is 0 Å². The average molecular weight is 247 g/mol. The Kier molecular flexibility index (Phi) is 3.84. The molecule has 0 aromatic rings. The lowest BCUT2D eigenvalue weighted by Gasteiger charge is -2.05. The summed E-state index contributed by atoms with van der Waals surface area (Å²) >= 11 is 0. The monoisotopic (exact) mass is 247 g/mol. The van der Waals surface area contributed by atoms with Gasteiger partial charge in [0.1, 0.15) is 0 Å². The van der Waals surface area contributed by atoms with Crippen molar-refractivity contribution in [3.63, 3.8) is 0 Å². The van der Waals surface area contributed by atoms with Crippen LogP contribution in [-0.2, 0) is 23.9 Å². The molecule has 0 aliphatic heterocycles. The lowest BCUT2D eigenvalue weighted by molar-refractivity contribution is -0.297. The summed E-state index contributed by atoms with van der Waals surface area (Å²) in [6.45, 7) is 0. The zero-order valence-corrected chi connectivity index (χ0v) is 7.46. The molecule has 0 saturated carbocycles. The van der Waals surface area contributed by atoms with Gasteiger partial charge in [-0.3, -0.25) is 0 Å². The molecule has 0 fully saturated rings. The zero-order valence-electron chi connectivity index (χ0n) is 6.65. The smallest absolute Gasteiger partial charge is 0.534 e. The maximum Gasteiger partial charge on any atom is 0.534 e. The SMILES string of the molecule is O=C([O-])/C=C\C(=O)OS(=O)(=O)C(F)(F)F. The van der Waals surface area contributed by atoms with Crippen molar-refractivity contribution >= 4 is 22.1 Å². The molecular formula is C5H2F3O6S-. The molecule has 0 saturated heterocycles. The Balaban J connectivity index is 4.65. The van der Waals surface area contributed by atoms with E-state index in [1.807, 2.05) is 0 Å². The number of carboxylic acids is 1. The van der Waals surface area contributed by atoms with E-state index >= 15 is 0 Å². The highest BCUT2D eigenvalue weighted by molar-refractivity contribution is 7.88. The van der Waals surface area contributed by atoms with Crippen LogP contribution in [0.15, 0.2) is 12.2 Å². The molecule has 0 rings (SSSR count). The van der Waals surface area contributed by atoms with Gasteiger partial charge in [-0.2, -0.15) is 21.6 Å². The van der Waals surface area contributed by atoms with Gasteiger partial charge in [0.15, 0.2) is 0 Å². The number of alkyl halides is 3. The second-order valence-electron chi connectivity index (χ2n) is 1.95. The molecular weight excluding hydrogens is 245 g/mol. The van der Waals surface area contributed by atoms with Crippen molar-refractivity contribution in [1.82, 2.24) is 0 Å². The van der Waals surface area contributed by atoms with Crippen LogP contribution in [0.1, 0.15) is 0 Å². The molecule has 0 unspecified atom stereocenters. The Hall–Kier alpha value is -1.58. The van der Waals surface area contributed by atoms with Gasteiger partial charge >= 0.3 is 21.6 Å². The van der Waals surface area contributed by atoms with Crippen LogP contribution in [0.2, 0.25) is 0 Å². The summed E-state index contributed by atoms with van der Waals surface area (Å²) < 4.78 is 58.0. The molecule has 0 spiro atoms. The Morgan fingerprint density at radius 1 is 1.20 bits per heavy atom. The predicted octanol–water partition coefficient (Wildman–Crippen LogP) is -1.31. The van der Waals surface area contributed by atoms with E-state index in [2.05, 4.69) is 4.18 Å². The quantitative estimate of drug-likeness (QED) is 0.348. The summed E-state index contributed by atoms with van der Waals surface area (Å²) in [5.74, 6) is -3.88. The van der Waals surface area contributed by atoms with E-state index in [0.717, 1.165) is 0 Å². The summed E-state index contributed by atoms with van der Waals surface area (Å²) in [6.07, 6.45) is -0.00709. The van der Waals surface area contributed by atoms with Crippen LogP contribution in [0.5, 0.6) is 0 Å². The molecule has 0 atom stereocenters. The first-order chi connectivity index (χ1) is 6.56. The number of halogens is 3. The van der Waals surface area contributed by atoms with Crippen LogP contribution in [0.25, 0.3) is 0 Å². The summed E-state index contributed by atoms with van der Waals surface area (Å²) in [7, 11) is -6.06. The second kappa shape index (κ2) is 4.29. The van der Waals surface area contributed by atoms with Crippen LogP contribution in [0.3, 0.4) is 0 Å². The number of carboxylic acid groups (broad SMARTS) is 1. The minimum Gasteiger partial charge on any atom is -0.545 e. The van der Waals surface area contributed by atoms with E-state index in [1.54, 1.807) is 0 Å². The summed E-state index contributed by atoms with van der Waals surface area (Å²) in [5, 5.41) is 9.69. The highest BCUT2D eigenvalue weighted by Crippen LogP contribution is 2.24. The second-order valence-corrected chi connectivity index (χ2v) is 3.49. The maximum atomic E-state index is 11.6. The lowest BCUT2D eigenvalue weighted by atomic mass is 10.5. The van der Waals surface area contributed by atoms with Crippen LogP contribution >= 0.6 is 0 Å². The average Bonchev–Trinajstić information content (AvgIpc) is 1.97. The summed E-state index contributed by atoms with van der Waals surface area (Å²) in [6, 6.07) is 0. The predicted molar refractivity (Wildman–Crippen MR) is 35.2 cm³/mol. The summed E-state index contributed by atoms with van der Waals surface area (Å²) in [5.41, 5.74) is -5.75. The van der Waals surface area contributed by atoms with E-state index in [-0.39, 0.29) is 12.2 Å². The lowest BCUT2D eigenvalue weighted by Crippen LogP contribution is -2.27. The van der Waals surface area contributed by atoms with Crippen LogP contribution in [-0.4, -0.2) is 25.9 Å². The topological polar surface area (TPSA) is 101 Å². The highest BCUT2D eigenvalue weighted by Gasteiger charge is 2.49. The third kappa shape index (κ3) is 4.44. The molecule has 86 valence electrons. The third-order valence-corrected chi connectivity index (χ3v) is 1.78. The Morgan fingerprint density at radius 2 is 1.67 bits per heavy atom. The van der Waals surface area contributed by atoms with Crippen LogP contribution < -0.4 is 5.11 Å². The number of hydrogen-bond donors (Lipinski definition) is 0.